The SMILES string of the molecule is CC(C)NCCCCCCc1ccc2c(c1)COC2. The molecule has 0 spiro atoms. The maximum Gasteiger partial charge on any atom is 0.0725 e. The van der Waals surface area contributed by atoms with Gasteiger partial charge in [0.15, 0.2) is 0 Å². The number of nitrogens with one attached hydrogen (secondary N) is 1. The summed E-state index contributed by atoms with van der Waals surface area (Å²) in [6.07, 6.45) is 6.50. The molecule has 0 atom stereocenters. The smallest absolute Gasteiger partial charge is 0.0725 e. The maximum atomic E-state index is 5.45. The molecule has 2 rings (SSSR count). The summed E-state index contributed by atoms with van der Waals surface area (Å²) in [5, 5.41) is 3.47. The molecule has 0 saturated heterocycles. The molecule has 19 heavy (non-hydrogen) atoms. The summed E-state index contributed by atoms with van der Waals surface area (Å²) < 4.78 is 5.45. The van der Waals surface area contributed by atoms with Gasteiger partial charge in [-0.1, -0.05) is 44.9 Å². The highest BCUT2D eigenvalue weighted by Gasteiger charge is 2.10. The molecule has 0 saturated carbocycles. The van der Waals surface area contributed by atoms with E-state index in [4.69, 9.17) is 4.74 Å². The Morgan fingerprint density at radius 1 is 1.05 bits per heavy atom. The predicted molar refractivity (Wildman–Crippen MR) is 80.2 cm³/mol. The molecule has 1 N–H and O–H groups in total. The zero-order chi connectivity index (χ0) is 13.5. The lowest BCUT2D eigenvalue weighted by Gasteiger charge is -2.07. The molecule has 1 aliphatic rings. The minimum Gasteiger partial charge on any atom is -0.372 e. The van der Waals surface area contributed by atoms with E-state index < -0.39 is 0 Å². The number of hydrogen-bond acceptors (Lipinski definition) is 2. The summed E-state index contributed by atoms with van der Waals surface area (Å²) in [6.45, 7) is 7.19. The van der Waals surface area contributed by atoms with Crippen molar-refractivity contribution < 1.29 is 4.74 Å². The van der Waals surface area contributed by atoms with Gasteiger partial charge in [-0.05, 0) is 42.5 Å². The summed E-state index contributed by atoms with van der Waals surface area (Å²) in [5.41, 5.74) is 4.26. The zero-order valence-corrected chi connectivity index (χ0v) is 12.4. The van der Waals surface area contributed by atoms with Crippen molar-refractivity contribution in [3.8, 4) is 0 Å². The Hall–Kier alpha value is -0.860. The summed E-state index contributed by atoms with van der Waals surface area (Å²) in [4.78, 5) is 0. The molecule has 106 valence electrons. The van der Waals surface area contributed by atoms with Crippen LogP contribution < -0.4 is 5.32 Å². The van der Waals surface area contributed by atoms with E-state index in [0.29, 0.717) is 6.04 Å². The van der Waals surface area contributed by atoms with Crippen molar-refractivity contribution in [2.75, 3.05) is 6.54 Å². The van der Waals surface area contributed by atoms with Crippen LogP contribution in [0.5, 0.6) is 0 Å². The number of aryl methyl sites for hydroxylation is 1. The predicted octanol–water partition coefficient (Wildman–Crippen LogP) is 3.82. The Kier molecular flexibility index (Phi) is 5.87. The first-order valence-corrected chi connectivity index (χ1v) is 7.67. The molecule has 0 amide bonds. The summed E-state index contributed by atoms with van der Waals surface area (Å²) >= 11 is 0. The Balaban J connectivity index is 1.58. The van der Waals surface area contributed by atoms with Crippen LogP contribution in [0.1, 0.15) is 56.2 Å². The molecule has 0 fully saturated rings. The van der Waals surface area contributed by atoms with E-state index in [0.717, 1.165) is 19.8 Å². The van der Waals surface area contributed by atoms with Gasteiger partial charge < -0.3 is 10.1 Å². The average Bonchev–Trinajstić information content (AvgIpc) is 2.84. The second-order valence-corrected chi connectivity index (χ2v) is 5.87. The first kappa shape index (κ1) is 14.5. The lowest BCUT2D eigenvalue weighted by Crippen LogP contribution is -2.23. The molecule has 1 aromatic carbocycles. The number of hydrogen-bond donors (Lipinski definition) is 1. The van der Waals surface area contributed by atoms with Crippen LogP contribution in [-0.4, -0.2) is 12.6 Å². The van der Waals surface area contributed by atoms with Crippen LogP contribution in [0.15, 0.2) is 18.2 Å². The Bertz CT molecular complexity index is 387. The van der Waals surface area contributed by atoms with E-state index in [2.05, 4.69) is 37.4 Å². The van der Waals surface area contributed by atoms with Crippen molar-refractivity contribution in [2.24, 2.45) is 0 Å². The lowest BCUT2D eigenvalue weighted by molar-refractivity contribution is 0.134. The second-order valence-electron chi connectivity index (χ2n) is 5.87. The van der Waals surface area contributed by atoms with Crippen molar-refractivity contribution in [1.82, 2.24) is 5.32 Å². The maximum absolute atomic E-state index is 5.45. The third-order valence-corrected chi connectivity index (χ3v) is 3.73. The van der Waals surface area contributed by atoms with Crippen molar-refractivity contribution in [2.45, 2.75) is 65.2 Å². The zero-order valence-electron chi connectivity index (χ0n) is 12.4. The molecule has 0 bridgehead atoms. The fourth-order valence-corrected chi connectivity index (χ4v) is 2.58. The van der Waals surface area contributed by atoms with Gasteiger partial charge in [-0.2, -0.15) is 0 Å². The number of ether oxygens (including phenoxy) is 1. The highest BCUT2D eigenvalue weighted by atomic mass is 16.5. The van der Waals surface area contributed by atoms with Gasteiger partial charge in [-0.15, -0.1) is 0 Å². The van der Waals surface area contributed by atoms with Gasteiger partial charge in [-0.3, -0.25) is 0 Å². The van der Waals surface area contributed by atoms with Gasteiger partial charge in [0.05, 0.1) is 13.2 Å². The monoisotopic (exact) mass is 261 g/mol. The van der Waals surface area contributed by atoms with Crippen molar-refractivity contribution in [3.05, 3.63) is 34.9 Å². The molecule has 0 aliphatic carbocycles. The molecule has 2 nitrogen and oxygen atoms in total. The Morgan fingerprint density at radius 3 is 2.68 bits per heavy atom. The second kappa shape index (κ2) is 7.66. The van der Waals surface area contributed by atoms with Crippen LogP contribution in [0.2, 0.25) is 0 Å². The third kappa shape index (κ3) is 4.96. The van der Waals surface area contributed by atoms with E-state index in [-0.39, 0.29) is 0 Å². The highest BCUT2D eigenvalue weighted by Crippen LogP contribution is 2.21. The third-order valence-electron chi connectivity index (χ3n) is 3.73. The normalized spacial score (nSPS) is 14.1. The van der Waals surface area contributed by atoms with E-state index in [1.54, 1.807) is 0 Å². The molecule has 2 heteroatoms. The number of unbranched alkanes of at least 4 members (excludes halogenated alkanes) is 3. The van der Waals surface area contributed by atoms with Crippen LogP contribution in [0.4, 0.5) is 0 Å². The van der Waals surface area contributed by atoms with E-state index in [1.165, 1.54) is 48.8 Å². The van der Waals surface area contributed by atoms with Gasteiger partial charge in [0, 0.05) is 6.04 Å². The summed E-state index contributed by atoms with van der Waals surface area (Å²) in [5.74, 6) is 0. The van der Waals surface area contributed by atoms with Crippen LogP contribution in [0.25, 0.3) is 0 Å². The van der Waals surface area contributed by atoms with Crippen molar-refractivity contribution >= 4 is 0 Å². The fourth-order valence-electron chi connectivity index (χ4n) is 2.58. The van der Waals surface area contributed by atoms with Crippen molar-refractivity contribution in [1.29, 1.82) is 0 Å². The Labute approximate surface area is 117 Å². The topological polar surface area (TPSA) is 21.3 Å². The molecule has 1 aliphatic heterocycles. The minimum atomic E-state index is 0.619. The van der Waals surface area contributed by atoms with Gasteiger partial charge in [-0.25, -0.2) is 0 Å². The standard InChI is InChI=1S/C17H27NO/c1-14(2)18-10-6-4-3-5-7-15-8-9-16-12-19-13-17(16)11-15/h8-9,11,14,18H,3-7,10,12-13H2,1-2H3. The molecule has 0 aromatic heterocycles. The molecule has 0 radical (unpaired) electrons. The van der Waals surface area contributed by atoms with E-state index in [9.17, 15) is 0 Å². The fraction of sp³-hybridized carbons (Fsp3) is 0.647. The van der Waals surface area contributed by atoms with Crippen LogP contribution in [0, 0.1) is 0 Å². The average molecular weight is 261 g/mol. The van der Waals surface area contributed by atoms with Gasteiger partial charge >= 0.3 is 0 Å². The molecular formula is C17H27NO. The molecule has 1 heterocycles. The quantitative estimate of drug-likeness (QED) is 0.718. The van der Waals surface area contributed by atoms with Gasteiger partial charge in [0.25, 0.3) is 0 Å². The number of fused-ring (bicyclic) bond motifs is 1. The van der Waals surface area contributed by atoms with Crippen LogP contribution >= 0.6 is 0 Å². The first-order valence-electron chi connectivity index (χ1n) is 7.67. The molecular weight excluding hydrogens is 234 g/mol. The Morgan fingerprint density at radius 2 is 1.84 bits per heavy atom. The molecule has 1 aromatic rings. The largest absolute Gasteiger partial charge is 0.372 e. The first-order chi connectivity index (χ1) is 9.25. The summed E-state index contributed by atoms with van der Waals surface area (Å²) in [7, 11) is 0. The molecule has 0 unspecified atom stereocenters. The highest BCUT2D eigenvalue weighted by molar-refractivity contribution is 5.33. The van der Waals surface area contributed by atoms with Crippen molar-refractivity contribution in [3.63, 3.8) is 0 Å². The number of rotatable bonds is 8. The lowest BCUT2D eigenvalue weighted by atomic mass is 10.0. The van der Waals surface area contributed by atoms with Crippen LogP contribution in [-0.2, 0) is 24.4 Å². The van der Waals surface area contributed by atoms with E-state index >= 15 is 0 Å². The summed E-state index contributed by atoms with van der Waals surface area (Å²) in [6, 6.07) is 7.47. The van der Waals surface area contributed by atoms with Crippen LogP contribution in [0.3, 0.4) is 0 Å². The van der Waals surface area contributed by atoms with Gasteiger partial charge in [0.2, 0.25) is 0 Å². The minimum absolute atomic E-state index is 0.619. The number of benzene rings is 1. The van der Waals surface area contributed by atoms with Gasteiger partial charge in [0.1, 0.15) is 0 Å². The van der Waals surface area contributed by atoms with E-state index in [1.807, 2.05) is 0 Å².